The number of hydrogen-bond acceptors (Lipinski definition) is 8. The van der Waals surface area contributed by atoms with E-state index in [1.54, 1.807) is 6.20 Å². The van der Waals surface area contributed by atoms with Crippen LogP contribution in [-0.2, 0) is 41.6 Å². The molecule has 0 aliphatic carbocycles. The Morgan fingerprint density at radius 2 is 1.35 bits per heavy atom. The summed E-state index contributed by atoms with van der Waals surface area (Å²) in [6, 6.07) is 6.78. The first-order valence-electron chi connectivity index (χ1n) is 13.1. The molecule has 0 bridgehead atoms. The van der Waals surface area contributed by atoms with Crippen LogP contribution < -0.4 is 27.4 Å². The van der Waals surface area contributed by atoms with Crippen molar-refractivity contribution in [3.63, 3.8) is 0 Å². The van der Waals surface area contributed by atoms with E-state index in [0.717, 1.165) is 16.5 Å². The topological polar surface area (TPSA) is 267 Å². The van der Waals surface area contributed by atoms with Crippen LogP contribution in [0.5, 0.6) is 5.75 Å². The Labute approximate surface area is 244 Å². The van der Waals surface area contributed by atoms with Gasteiger partial charge in [0.2, 0.25) is 23.6 Å². The largest absolute Gasteiger partial charge is 0.508 e. The van der Waals surface area contributed by atoms with E-state index in [1.165, 1.54) is 24.3 Å². The third kappa shape index (κ3) is 9.29. The lowest BCUT2D eigenvalue weighted by molar-refractivity contribution is -0.143. The third-order valence-corrected chi connectivity index (χ3v) is 6.49. The molecule has 0 spiro atoms. The number of H-pyrrole nitrogens is 1. The molecule has 11 N–H and O–H groups in total. The number of aliphatic carboxylic acids is 2. The second kappa shape index (κ2) is 14.5. The normalized spacial score (nSPS) is 13.7. The highest BCUT2D eigenvalue weighted by Gasteiger charge is 2.32. The quantitative estimate of drug-likeness (QED) is 0.102. The number of nitrogens with two attached hydrogens (primary N) is 2. The van der Waals surface area contributed by atoms with Gasteiger partial charge < -0.3 is 47.7 Å². The molecular weight excluding hydrogens is 564 g/mol. The number of rotatable bonds is 15. The number of carbonyl (C=O) groups excluding carboxylic acids is 4. The van der Waals surface area contributed by atoms with Crippen LogP contribution in [0.4, 0.5) is 0 Å². The van der Waals surface area contributed by atoms with Crippen molar-refractivity contribution in [2.24, 2.45) is 11.5 Å². The zero-order chi connectivity index (χ0) is 31.7. The number of phenolic OH excluding ortho intramolecular Hbond substituents is 1. The van der Waals surface area contributed by atoms with Crippen LogP contribution in [-0.4, -0.2) is 80.0 Å². The summed E-state index contributed by atoms with van der Waals surface area (Å²) in [5, 5.41) is 35.9. The number of fused-ring (bicyclic) bond motifs is 1. The Bertz CT molecular complexity index is 1500. The number of primary amides is 1. The van der Waals surface area contributed by atoms with Crippen molar-refractivity contribution in [1.29, 1.82) is 0 Å². The van der Waals surface area contributed by atoms with E-state index < -0.39 is 72.6 Å². The standard InChI is InChI=1S/C28H32N6O9/c29-18(10-15-13-31-19-4-2-1-3-17(15)19)25(39)32-21(12-24(37)38)27(41)33-20(11-23(30)36)26(40)34-22(28(42)43)9-14-5-7-16(35)8-6-14/h1-8,13,18,20-22,31,35H,9-12,29H2,(H2,30,36)(H,32,39)(H,33,41)(H,34,40)(H,37,38)(H,42,43). The number of amides is 4. The Kier molecular flexibility index (Phi) is 10.8. The minimum Gasteiger partial charge on any atom is -0.508 e. The highest BCUT2D eigenvalue weighted by Crippen LogP contribution is 2.19. The molecule has 1 aromatic heterocycles. The van der Waals surface area contributed by atoms with Gasteiger partial charge in [-0.1, -0.05) is 30.3 Å². The van der Waals surface area contributed by atoms with Crippen LogP contribution in [0.25, 0.3) is 10.9 Å². The average Bonchev–Trinajstić information content (AvgIpc) is 3.35. The molecule has 43 heavy (non-hydrogen) atoms. The average molecular weight is 597 g/mol. The number of phenols is 1. The second-order valence-electron chi connectivity index (χ2n) is 9.83. The van der Waals surface area contributed by atoms with E-state index in [0.29, 0.717) is 5.56 Å². The van der Waals surface area contributed by atoms with Crippen LogP contribution in [0.15, 0.2) is 54.7 Å². The van der Waals surface area contributed by atoms with Crippen LogP contribution in [0.1, 0.15) is 24.0 Å². The highest BCUT2D eigenvalue weighted by atomic mass is 16.4. The molecule has 4 amide bonds. The monoisotopic (exact) mass is 596 g/mol. The fourth-order valence-corrected chi connectivity index (χ4v) is 4.32. The molecule has 0 radical (unpaired) electrons. The molecule has 15 nitrogen and oxygen atoms in total. The molecule has 3 rings (SSSR count). The zero-order valence-electron chi connectivity index (χ0n) is 22.8. The van der Waals surface area contributed by atoms with Gasteiger partial charge in [0.05, 0.1) is 18.9 Å². The summed E-state index contributed by atoms with van der Waals surface area (Å²) in [7, 11) is 0. The van der Waals surface area contributed by atoms with Crippen molar-refractivity contribution in [3.8, 4) is 5.75 Å². The smallest absolute Gasteiger partial charge is 0.326 e. The summed E-state index contributed by atoms with van der Waals surface area (Å²) in [6.45, 7) is 0. The molecule has 0 aliphatic rings. The molecule has 4 atom stereocenters. The van der Waals surface area contributed by atoms with E-state index in [-0.39, 0.29) is 18.6 Å². The molecule has 4 unspecified atom stereocenters. The van der Waals surface area contributed by atoms with Gasteiger partial charge in [0.25, 0.3) is 0 Å². The predicted molar refractivity (Wildman–Crippen MR) is 151 cm³/mol. The van der Waals surface area contributed by atoms with Gasteiger partial charge in [0, 0.05) is 23.5 Å². The van der Waals surface area contributed by atoms with E-state index in [1.807, 2.05) is 24.3 Å². The number of aromatic hydroxyl groups is 1. The van der Waals surface area contributed by atoms with Crippen molar-refractivity contribution in [1.82, 2.24) is 20.9 Å². The number of nitrogens with one attached hydrogen (secondary N) is 4. The Morgan fingerprint density at radius 3 is 1.95 bits per heavy atom. The Morgan fingerprint density at radius 1 is 0.767 bits per heavy atom. The van der Waals surface area contributed by atoms with Crippen LogP contribution in [0.3, 0.4) is 0 Å². The lowest BCUT2D eigenvalue weighted by Gasteiger charge is -2.24. The van der Waals surface area contributed by atoms with Gasteiger partial charge in [-0.15, -0.1) is 0 Å². The highest BCUT2D eigenvalue weighted by molar-refractivity contribution is 5.97. The summed E-state index contributed by atoms with van der Waals surface area (Å²) in [6.07, 6.45) is -0.109. The maximum atomic E-state index is 13.1. The minimum atomic E-state index is -1.70. The molecule has 2 aromatic carbocycles. The third-order valence-electron chi connectivity index (χ3n) is 6.49. The van der Waals surface area contributed by atoms with Gasteiger partial charge in [0.1, 0.15) is 23.9 Å². The van der Waals surface area contributed by atoms with Crippen molar-refractivity contribution in [3.05, 3.63) is 65.9 Å². The van der Waals surface area contributed by atoms with Gasteiger partial charge in [0.15, 0.2) is 0 Å². The van der Waals surface area contributed by atoms with Crippen molar-refractivity contribution < 1.29 is 44.1 Å². The number of aromatic nitrogens is 1. The van der Waals surface area contributed by atoms with Crippen LogP contribution >= 0.6 is 0 Å². The van der Waals surface area contributed by atoms with Crippen molar-refractivity contribution >= 4 is 46.5 Å². The van der Waals surface area contributed by atoms with Gasteiger partial charge in [-0.2, -0.15) is 0 Å². The number of hydrogen-bond donors (Lipinski definition) is 9. The lowest BCUT2D eigenvalue weighted by atomic mass is 10.0. The van der Waals surface area contributed by atoms with E-state index >= 15 is 0 Å². The molecule has 15 heteroatoms. The van der Waals surface area contributed by atoms with E-state index in [9.17, 15) is 44.1 Å². The number of carbonyl (C=O) groups is 6. The summed E-state index contributed by atoms with van der Waals surface area (Å²) in [4.78, 5) is 76.9. The lowest BCUT2D eigenvalue weighted by Crippen LogP contribution is -2.58. The van der Waals surface area contributed by atoms with Gasteiger partial charge in [-0.05, 0) is 35.7 Å². The summed E-state index contributed by atoms with van der Waals surface area (Å²) in [5.74, 6) is -7.03. The Hall–Kier alpha value is -5.44. The van der Waals surface area contributed by atoms with Crippen LogP contribution in [0, 0.1) is 0 Å². The van der Waals surface area contributed by atoms with Crippen LogP contribution in [0.2, 0.25) is 0 Å². The van der Waals surface area contributed by atoms with E-state index in [4.69, 9.17) is 11.5 Å². The van der Waals surface area contributed by atoms with Gasteiger partial charge in [-0.25, -0.2) is 4.79 Å². The minimum absolute atomic E-state index is 0.0502. The maximum absolute atomic E-state index is 13.1. The first-order chi connectivity index (χ1) is 20.3. The molecule has 0 saturated heterocycles. The number of para-hydroxylation sites is 1. The number of carboxylic acid groups (broad SMARTS) is 2. The molecule has 0 saturated carbocycles. The van der Waals surface area contributed by atoms with E-state index in [2.05, 4.69) is 20.9 Å². The molecule has 0 aliphatic heterocycles. The van der Waals surface area contributed by atoms with Crippen molar-refractivity contribution in [2.45, 2.75) is 49.9 Å². The Balaban J connectivity index is 1.70. The maximum Gasteiger partial charge on any atom is 0.326 e. The zero-order valence-corrected chi connectivity index (χ0v) is 22.8. The number of benzene rings is 2. The molecule has 3 aromatic rings. The number of aromatic amines is 1. The summed E-state index contributed by atoms with van der Waals surface area (Å²) < 4.78 is 0. The molecule has 1 heterocycles. The summed E-state index contributed by atoms with van der Waals surface area (Å²) in [5.41, 5.74) is 13.3. The SMILES string of the molecule is NC(=O)CC(NC(=O)C(CC(=O)O)NC(=O)C(N)Cc1c[nH]c2ccccc12)C(=O)NC(Cc1ccc(O)cc1)C(=O)O. The fraction of sp³-hybridized carbons (Fsp3) is 0.286. The van der Waals surface area contributed by atoms with Crippen molar-refractivity contribution in [2.75, 3.05) is 0 Å². The number of carboxylic acids is 2. The molecular formula is C28H32N6O9. The fourth-order valence-electron chi connectivity index (χ4n) is 4.32. The molecule has 228 valence electrons. The predicted octanol–water partition coefficient (Wildman–Crippen LogP) is -1.12. The second-order valence-corrected chi connectivity index (χ2v) is 9.83. The summed E-state index contributed by atoms with van der Waals surface area (Å²) >= 11 is 0. The van der Waals surface area contributed by atoms with Gasteiger partial charge >= 0.3 is 11.9 Å². The first kappa shape index (κ1) is 32.1. The first-order valence-corrected chi connectivity index (χ1v) is 13.1. The molecule has 0 fully saturated rings. The van der Waals surface area contributed by atoms with Gasteiger partial charge in [-0.3, -0.25) is 24.0 Å².